The number of carbonyl (C=O) groups excluding carboxylic acids is 2. The third kappa shape index (κ3) is 6.37. The zero-order chi connectivity index (χ0) is 15.0. The Balaban J connectivity index is 2.33. The van der Waals surface area contributed by atoms with Gasteiger partial charge in [0.05, 0.1) is 6.54 Å². The maximum atomic E-state index is 11.9. The lowest BCUT2D eigenvalue weighted by atomic mass is 9.94. The molecule has 0 atom stereocenters. The molecule has 1 rings (SSSR count). The van der Waals surface area contributed by atoms with Gasteiger partial charge in [-0.15, -0.1) is 0 Å². The van der Waals surface area contributed by atoms with E-state index in [9.17, 15) is 9.59 Å². The van der Waals surface area contributed by atoms with E-state index in [1.165, 1.54) is 32.1 Å². The van der Waals surface area contributed by atoms with E-state index in [2.05, 4.69) is 22.5 Å². The van der Waals surface area contributed by atoms with Gasteiger partial charge in [0.15, 0.2) is 0 Å². The number of likely N-dealkylation sites (N-methyl/N-ethyl adjacent to an activating group) is 1. The monoisotopic (exact) mass is 283 g/mol. The molecule has 0 aliphatic heterocycles. The van der Waals surface area contributed by atoms with Gasteiger partial charge in [-0.05, 0) is 25.3 Å². The Kier molecular flexibility index (Phi) is 7.59. The van der Waals surface area contributed by atoms with Gasteiger partial charge in [-0.1, -0.05) is 40.0 Å². The third-order valence-corrected chi connectivity index (χ3v) is 3.77. The molecule has 1 fully saturated rings. The first-order chi connectivity index (χ1) is 9.52. The summed E-state index contributed by atoms with van der Waals surface area (Å²) in [6.07, 6.45) is 6.13. The summed E-state index contributed by atoms with van der Waals surface area (Å²) >= 11 is 0. The van der Waals surface area contributed by atoms with Gasteiger partial charge in [-0.25, -0.2) is 4.79 Å². The molecule has 0 bridgehead atoms. The van der Waals surface area contributed by atoms with Crippen molar-refractivity contribution in [1.29, 1.82) is 0 Å². The van der Waals surface area contributed by atoms with Gasteiger partial charge in [0.1, 0.15) is 0 Å². The van der Waals surface area contributed by atoms with Crippen LogP contribution in [0.4, 0.5) is 4.79 Å². The summed E-state index contributed by atoms with van der Waals surface area (Å²) in [6.45, 7) is 7.86. The Bertz CT molecular complexity index is 312. The normalized spacial score (nSPS) is 16.4. The molecule has 5 heteroatoms. The number of nitrogens with zero attached hydrogens (tertiary/aromatic N) is 1. The number of urea groups is 1. The molecule has 0 heterocycles. The summed E-state index contributed by atoms with van der Waals surface area (Å²) in [7, 11) is 0. The summed E-state index contributed by atoms with van der Waals surface area (Å²) in [5, 5.41) is 5.10. The van der Waals surface area contributed by atoms with Gasteiger partial charge in [0, 0.05) is 12.6 Å². The van der Waals surface area contributed by atoms with Gasteiger partial charge in [-0.3, -0.25) is 15.0 Å². The van der Waals surface area contributed by atoms with E-state index in [1.54, 1.807) is 0 Å². The lowest BCUT2D eigenvalue weighted by Gasteiger charge is -2.32. The predicted molar refractivity (Wildman–Crippen MR) is 80.5 cm³/mol. The van der Waals surface area contributed by atoms with E-state index < -0.39 is 0 Å². The summed E-state index contributed by atoms with van der Waals surface area (Å²) in [5.74, 6) is 0.170. The van der Waals surface area contributed by atoms with E-state index in [0.29, 0.717) is 25.0 Å². The van der Waals surface area contributed by atoms with Gasteiger partial charge >= 0.3 is 6.03 Å². The molecular weight excluding hydrogens is 254 g/mol. The van der Waals surface area contributed by atoms with Crippen molar-refractivity contribution in [3.05, 3.63) is 0 Å². The molecule has 20 heavy (non-hydrogen) atoms. The third-order valence-electron chi connectivity index (χ3n) is 3.77. The minimum absolute atomic E-state index is 0.210. The summed E-state index contributed by atoms with van der Waals surface area (Å²) in [6, 6.07) is 0.113. The summed E-state index contributed by atoms with van der Waals surface area (Å²) in [4.78, 5) is 25.6. The number of carbonyl (C=O) groups is 2. The number of hydrogen-bond acceptors (Lipinski definition) is 3. The Morgan fingerprint density at radius 2 is 1.85 bits per heavy atom. The van der Waals surface area contributed by atoms with Crippen LogP contribution < -0.4 is 10.6 Å². The first kappa shape index (κ1) is 17.0. The Morgan fingerprint density at radius 1 is 1.20 bits per heavy atom. The molecule has 116 valence electrons. The highest BCUT2D eigenvalue weighted by molar-refractivity contribution is 5.95. The molecule has 0 aromatic carbocycles. The van der Waals surface area contributed by atoms with Crippen LogP contribution in [0.3, 0.4) is 0 Å². The largest absolute Gasteiger partial charge is 0.338 e. The molecular formula is C15H29N3O2. The van der Waals surface area contributed by atoms with Crippen LogP contribution in [0.15, 0.2) is 0 Å². The van der Waals surface area contributed by atoms with Crippen LogP contribution in [0.25, 0.3) is 0 Å². The average molecular weight is 283 g/mol. The van der Waals surface area contributed by atoms with Crippen molar-refractivity contribution in [1.82, 2.24) is 15.5 Å². The van der Waals surface area contributed by atoms with E-state index in [0.717, 1.165) is 6.54 Å². The molecule has 1 saturated carbocycles. The summed E-state index contributed by atoms with van der Waals surface area (Å²) in [5.41, 5.74) is 0. The average Bonchev–Trinajstić information content (AvgIpc) is 2.43. The molecule has 3 amide bonds. The van der Waals surface area contributed by atoms with Gasteiger partial charge in [0.2, 0.25) is 5.91 Å². The van der Waals surface area contributed by atoms with Crippen molar-refractivity contribution >= 4 is 11.9 Å². The Labute approximate surface area is 122 Å². The molecule has 2 N–H and O–H groups in total. The zero-order valence-electron chi connectivity index (χ0n) is 13.1. The highest BCUT2D eigenvalue weighted by Gasteiger charge is 2.22. The fourth-order valence-corrected chi connectivity index (χ4v) is 2.64. The zero-order valence-corrected chi connectivity index (χ0v) is 13.1. The second-order valence-electron chi connectivity index (χ2n) is 6.01. The van der Waals surface area contributed by atoms with Crippen molar-refractivity contribution in [3.63, 3.8) is 0 Å². The molecule has 5 nitrogen and oxygen atoms in total. The lowest BCUT2D eigenvalue weighted by molar-refractivity contribution is -0.121. The topological polar surface area (TPSA) is 61.4 Å². The first-order valence-electron chi connectivity index (χ1n) is 7.84. The van der Waals surface area contributed by atoms with Crippen LogP contribution in [0.5, 0.6) is 0 Å². The maximum Gasteiger partial charge on any atom is 0.321 e. The minimum Gasteiger partial charge on any atom is -0.338 e. The van der Waals surface area contributed by atoms with E-state index in [1.807, 2.05) is 13.8 Å². The fourth-order valence-electron chi connectivity index (χ4n) is 2.64. The molecule has 0 saturated heterocycles. The highest BCUT2D eigenvalue weighted by Crippen LogP contribution is 2.22. The van der Waals surface area contributed by atoms with Crippen molar-refractivity contribution in [2.75, 3.05) is 19.6 Å². The Morgan fingerprint density at radius 3 is 2.40 bits per heavy atom. The maximum absolute atomic E-state index is 11.9. The van der Waals surface area contributed by atoms with Crippen molar-refractivity contribution in [3.8, 4) is 0 Å². The van der Waals surface area contributed by atoms with Crippen LogP contribution >= 0.6 is 0 Å². The van der Waals surface area contributed by atoms with E-state index in [-0.39, 0.29) is 11.9 Å². The number of rotatable bonds is 6. The molecule has 1 aliphatic rings. The van der Waals surface area contributed by atoms with Crippen LogP contribution in [-0.4, -0.2) is 42.5 Å². The number of nitrogens with one attached hydrogen (secondary N) is 2. The molecule has 0 unspecified atom stereocenters. The summed E-state index contributed by atoms with van der Waals surface area (Å²) < 4.78 is 0. The second kappa shape index (κ2) is 8.95. The van der Waals surface area contributed by atoms with Crippen molar-refractivity contribution in [2.45, 2.75) is 58.9 Å². The van der Waals surface area contributed by atoms with Crippen molar-refractivity contribution in [2.24, 2.45) is 5.92 Å². The Hall–Kier alpha value is -1.10. The SMILES string of the molecule is CCN(CC(=O)NC(=O)NCC(C)C)C1CCCCC1. The van der Waals surface area contributed by atoms with E-state index >= 15 is 0 Å². The first-order valence-corrected chi connectivity index (χ1v) is 7.84. The number of hydrogen-bond donors (Lipinski definition) is 2. The van der Waals surface area contributed by atoms with Crippen LogP contribution in [0.1, 0.15) is 52.9 Å². The molecule has 0 radical (unpaired) electrons. The molecule has 0 aromatic heterocycles. The van der Waals surface area contributed by atoms with Crippen molar-refractivity contribution < 1.29 is 9.59 Å². The molecule has 1 aliphatic carbocycles. The molecule has 0 aromatic rings. The predicted octanol–water partition coefficient (Wildman–Crippen LogP) is 2.12. The quantitative estimate of drug-likeness (QED) is 0.785. The standard InChI is InChI=1S/C15H29N3O2/c1-4-18(13-8-6-5-7-9-13)11-14(19)17-15(20)16-10-12(2)3/h12-13H,4-11H2,1-3H3,(H2,16,17,19,20). The molecule has 0 spiro atoms. The number of imide groups is 1. The van der Waals surface area contributed by atoms with Gasteiger partial charge in [0.25, 0.3) is 0 Å². The van der Waals surface area contributed by atoms with Crippen LogP contribution in [0.2, 0.25) is 0 Å². The second-order valence-corrected chi connectivity index (χ2v) is 6.01. The smallest absolute Gasteiger partial charge is 0.321 e. The van der Waals surface area contributed by atoms with E-state index in [4.69, 9.17) is 0 Å². The lowest BCUT2D eigenvalue weighted by Crippen LogP contribution is -2.48. The van der Waals surface area contributed by atoms with Crippen LogP contribution in [-0.2, 0) is 4.79 Å². The van der Waals surface area contributed by atoms with Gasteiger partial charge < -0.3 is 5.32 Å². The number of amides is 3. The fraction of sp³-hybridized carbons (Fsp3) is 0.867. The van der Waals surface area contributed by atoms with Crippen LogP contribution in [0, 0.1) is 5.92 Å². The van der Waals surface area contributed by atoms with Gasteiger partial charge in [-0.2, -0.15) is 0 Å². The minimum atomic E-state index is -0.386. The highest BCUT2D eigenvalue weighted by atomic mass is 16.2.